The molecule has 0 aliphatic heterocycles. The predicted molar refractivity (Wildman–Crippen MR) is 96.0 cm³/mol. The average molecular weight is 382 g/mol. The summed E-state index contributed by atoms with van der Waals surface area (Å²) in [4.78, 5) is 23.0. The van der Waals surface area contributed by atoms with Gasteiger partial charge in [-0.1, -0.05) is 23.2 Å². The Kier molecular flexibility index (Phi) is 6.01. The molecule has 0 amide bonds. The lowest BCUT2D eigenvalue weighted by atomic mass is 10.1. The highest BCUT2D eigenvalue weighted by molar-refractivity contribution is 6.37. The second-order valence-electron chi connectivity index (χ2n) is 4.84. The van der Waals surface area contributed by atoms with Crippen LogP contribution in [0.3, 0.4) is 0 Å². The van der Waals surface area contributed by atoms with Crippen molar-refractivity contribution in [2.75, 3.05) is 14.2 Å². The van der Waals surface area contributed by atoms with E-state index >= 15 is 0 Å². The molecule has 0 N–H and O–H groups in total. The van der Waals surface area contributed by atoms with E-state index in [2.05, 4.69) is 0 Å². The molecule has 0 radical (unpaired) electrons. The number of methoxy groups -OCH3 is 2. The van der Waals surface area contributed by atoms with Crippen molar-refractivity contribution < 1.29 is 19.2 Å². The highest BCUT2D eigenvalue weighted by atomic mass is 35.5. The largest absolute Gasteiger partial charge is 0.493 e. The number of nitrogens with zero attached hydrogens (tertiary/aromatic N) is 1. The van der Waals surface area contributed by atoms with Crippen molar-refractivity contribution in [2.45, 2.75) is 0 Å². The van der Waals surface area contributed by atoms with Crippen LogP contribution in [-0.2, 0) is 0 Å². The molecule has 6 nitrogen and oxygen atoms in total. The van der Waals surface area contributed by atoms with E-state index in [9.17, 15) is 14.9 Å². The number of ketones is 1. The summed E-state index contributed by atoms with van der Waals surface area (Å²) in [5.74, 6) is 0.119. The summed E-state index contributed by atoms with van der Waals surface area (Å²) in [5.41, 5.74) is 0.218. The number of rotatable bonds is 6. The molecule has 0 fully saturated rings. The standard InChI is InChI=1S/C17H13Cl2NO5/c1-24-16-7-10(14(20(22)23)9-17(16)25-2)3-6-15(21)12-5-4-11(18)8-13(12)19/h3-9H,1-2H3/b6-3+. The van der Waals surface area contributed by atoms with E-state index in [4.69, 9.17) is 32.7 Å². The molecule has 0 spiro atoms. The number of allylic oxidation sites excluding steroid dienone is 1. The summed E-state index contributed by atoms with van der Waals surface area (Å²) >= 11 is 11.8. The summed E-state index contributed by atoms with van der Waals surface area (Å²) < 4.78 is 10.2. The van der Waals surface area contributed by atoms with Crippen LogP contribution < -0.4 is 9.47 Å². The summed E-state index contributed by atoms with van der Waals surface area (Å²) in [6.45, 7) is 0. The van der Waals surface area contributed by atoms with Crippen LogP contribution in [0.1, 0.15) is 15.9 Å². The van der Waals surface area contributed by atoms with Crippen molar-refractivity contribution in [1.82, 2.24) is 0 Å². The molecule has 0 heterocycles. The van der Waals surface area contributed by atoms with E-state index in [1.54, 1.807) is 0 Å². The van der Waals surface area contributed by atoms with E-state index in [-0.39, 0.29) is 27.6 Å². The molecule has 0 saturated carbocycles. The van der Waals surface area contributed by atoms with Crippen molar-refractivity contribution in [2.24, 2.45) is 0 Å². The van der Waals surface area contributed by atoms with E-state index in [0.717, 1.165) is 0 Å². The normalized spacial score (nSPS) is 10.7. The predicted octanol–water partition coefficient (Wildman–Crippen LogP) is 4.81. The Hall–Kier alpha value is -2.57. The van der Waals surface area contributed by atoms with E-state index in [1.807, 2.05) is 0 Å². The lowest BCUT2D eigenvalue weighted by molar-refractivity contribution is -0.385. The first-order valence-electron chi connectivity index (χ1n) is 6.95. The number of nitro groups is 1. The lowest BCUT2D eigenvalue weighted by Crippen LogP contribution is -1.98. The summed E-state index contributed by atoms with van der Waals surface area (Å²) in [6.07, 6.45) is 2.52. The number of benzene rings is 2. The third-order valence-corrected chi connectivity index (χ3v) is 3.89. The van der Waals surface area contributed by atoms with Gasteiger partial charge >= 0.3 is 0 Å². The summed E-state index contributed by atoms with van der Waals surface area (Å²) in [5, 5.41) is 11.9. The minimum absolute atomic E-state index is 0.195. The van der Waals surface area contributed by atoms with Gasteiger partial charge in [0.25, 0.3) is 5.69 Å². The topological polar surface area (TPSA) is 78.7 Å². The third kappa shape index (κ3) is 4.29. The molecule has 130 valence electrons. The summed E-state index contributed by atoms with van der Waals surface area (Å²) in [7, 11) is 2.79. The van der Waals surface area contributed by atoms with Gasteiger partial charge in [-0.25, -0.2) is 0 Å². The van der Waals surface area contributed by atoms with Crippen LogP contribution in [-0.4, -0.2) is 24.9 Å². The van der Waals surface area contributed by atoms with Gasteiger partial charge in [-0.3, -0.25) is 14.9 Å². The number of nitro benzene ring substituents is 1. The zero-order chi connectivity index (χ0) is 18.6. The molecule has 0 aromatic heterocycles. The number of carbonyl (C=O) groups excluding carboxylic acids is 1. The minimum Gasteiger partial charge on any atom is -0.493 e. The zero-order valence-corrected chi connectivity index (χ0v) is 14.8. The van der Waals surface area contributed by atoms with Gasteiger partial charge < -0.3 is 9.47 Å². The SMILES string of the molecule is COc1cc(/C=C/C(=O)c2ccc(Cl)cc2Cl)c([N+](=O)[O-])cc1OC. The van der Waals surface area contributed by atoms with Crippen molar-refractivity contribution in [3.05, 3.63) is 67.7 Å². The van der Waals surface area contributed by atoms with Crippen LogP contribution in [0.5, 0.6) is 11.5 Å². The van der Waals surface area contributed by atoms with E-state index < -0.39 is 10.7 Å². The number of hydrogen-bond donors (Lipinski definition) is 0. The quantitative estimate of drug-likeness (QED) is 0.310. The molecule has 8 heteroatoms. The highest BCUT2D eigenvalue weighted by Gasteiger charge is 2.18. The molecule has 0 atom stereocenters. The number of ether oxygens (including phenoxy) is 2. The lowest BCUT2D eigenvalue weighted by Gasteiger charge is -2.08. The maximum atomic E-state index is 12.3. The van der Waals surface area contributed by atoms with Crippen LogP contribution in [0.15, 0.2) is 36.4 Å². The van der Waals surface area contributed by atoms with Crippen LogP contribution >= 0.6 is 23.2 Å². The van der Waals surface area contributed by atoms with Gasteiger partial charge in [-0.05, 0) is 36.4 Å². The van der Waals surface area contributed by atoms with Crippen LogP contribution in [0, 0.1) is 10.1 Å². The molecule has 2 aromatic carbocycles. The first kappa shape index (κ1) is 18.8. The fraction of sp³-hybridized carbons (Fsp3) is 0.118. The monoisotopic (exact) mass is 381 g/mol. The van der Waals surface area contributed by atoms with E-state index in [0.29, 0.717) is 10.8 Å². The number of halogens is 2. The Morgan fingerprint density at radius 3 is 2.32 bits per heavy atom. The smallest absolute Gasteiger partial charge is 0.280 e. The Labute approximate surface area is 153 Å². The Morgan fingerprint density at radius 1 is 1.12 bits per heavy atom. The van der Waals surface area contributed by atoms with Crippen LogP contribution in [0.25, 0.3) is 6.08 Å². The fourth-order valence-corrected chi connectivity index (χ4v) is 2.62. The van der Waals surface area contributed by atoms with Gasteiger partial charge in [-0.15, -0.1) is 0 Å². The van der Waals surface area contributed by atoms with Crippen LogP contribution in [0.2, 0.25) is 10.0 Å². The molecule has 0 aliphatic carbocycles. The molecule has 0 bridgehead atoms. The zero-order valence-electron chi connectivity index (χ0n) is 13.3. The third-order valence-electron chi connectivity index (χ3n) is 3.34. The maximum Gasteiger partial charge on any atom is 0.280 e. The first-order chi connectivity index (χ1) is 11.9. The Balaban J connectivity index is 2.42. The van der Waals surface area contributed by atoms with Gasteiger partial charge in [0.1, 0.15) is 0 Å². The maximum absolute atomic E-state index is 12.3. The minimum atomic E-state index is -0.568. The molecule has 0 unspecified atom stereocenters. The fourth-order valence-electron chi connectivity index (χ4n) is 2.12. The van der Waals surface area contributed by atoms with Gasteiger partial charge in [0.15, 0.2) is 17.3 Å². The highest BCUT2D eigenvalue weighted by Crippen LogP contribution is 2.35. The van der Waals surface area contributed by atoms with Crippen LogP contribution in [0.4, 0.5) is 5.69 Å². The summed E-state index contributed by atoms with van der Waals surface area (Å²) in [6, 6.07) is 7.12. The van der Waals surface area contributed by atoms with Crippen molar-refractivity contribution in [1.29, 1.82) is 0 Å². The van der Waals surface area contributed by atoms with Gasteiger partial charge in [0, 0.05) is 10.6 Å². The first-order valence-corrected chi connectivity index (χ1v) is 7.70. The molecule has 0 aliphatic rings. The number of carbonyl (C=O) groups is 1. The Bertz CT molecular complexity index is 864. The van der Waals surface area contributed by atoms with E-state index in [1.165, 1.54) is 56.7 Å². The Morgan fingerprint density at radius 2 is 1.76 bits per heavy atom. The molecule has 25 heavy (non-hydrogen) atoms. The molecule has 0 saturated heterocycles. The van der Waals surface area contributed by atoms with Crippen molar-refractivity contribution in [3.8, 4) is 11.5 Å². The molecule has 2 aromatic rings. The molecular weight excluding hydrogens is 369 g/mol. The van der Waals surface area contributed by atoms with Gasteiger partial charge in [0.2, 0.25) is 0 Å². The van der Waals surface area contributed by atoms with Crippen molar-refractivity contribution >= 4 is 40.7 Å². The number of hydrogen-bond acceptors (Lipinski definition) is 5. The van der Waals surface area contributed by atoms with Gasteiger partial charge in [-0.2, -0.15) is 0 Å². The molecule has 2 rings (SSSR count). The second-order valence-corrected chi connectivity index (χ2v) is 5.69. The second kappa shape index (κ2) is 8.00. The molecular formula is C17H13Cl2NO5. The van der Waals surface area contributed by atoms with Crippen molar-refractivity contribution in [3.63, 3.8) is 0 Å². The van der Waals surface area contributed by atoms with Gasteiger partial charge in [0.05, 0.1) is 35.8 Å². The average Bonchev–Trinajstić information content (AvgIpc) is 2.58.